The first-order valence-corrected chi connectivity index (χ1v) is 11.1. The van der Waals surface area contributed by atoms with E-state index in [-0.39, 0.29) is 5.91 Å². The average Bonchev–Trinajstić information content (AvgIpc) is 3.13. The van der Waals surface area contributed by atoms with E-state index in [0.29, 0.717) is 22.1 Å². The van der Waals surface area contributed by atoms with Crippen molar-refractivity contribution in [2.45, 2.75) is 12.5 Å². The Morgan fingerprint density at radius 2 is 1.79 bits per heavy atom. The van der Waals surface area contributed by atoms with Gasteiger partial charge in [0.1, 0.15) is 5.92 Å². The molecule has 0 saturated carbocycles. The number of nitrogens with one attached hydrogen (secondary N) is 2. The highest BCUT2D eigenvalue weighted by Crippen LogP contribution is 2.38. The third-order valence-corrected chi connectivity index (χ3v) is 5.65. The smallest absolute Gasteiger partial charge is 0.411 e. The summed E-state index contributed by atoms with van der Waals surface area (Å²) < 4.78 is 4.65. The molecule has 1 atom stereocenters. The van der Waals surface area contributed by atoms with Gasteiger partial charge < -0.3 is 15.0 Å². The minimum Gasteiger partial charge on any atom is -0.453 e. The predicted octanol–water partition coefficient (Wildman–Crippen LogP) is 5.44. The molecule has 1 unspecified atom stereocenters. The number of hydrogen-bond donors (Lipinski definition) is 2. The van der Waals surface area contributed by atoms with Gasteiger partial charge in [0.05, 0.1) is 18.5 Å². The molecule has 8 heteroatoms. The van der Waals surface area contributed by atoms with Crippen molar-refractivity contribution in [2.75, 3.05) is 31.8 Å². The van der Waals surface area contributed by atoms with Crippen molar-refractivity contribution in [1.82, 2.24) is 4.90 Å². The van der Waals surface area contributed by atoms with Crippen molar-refractivity contribution in [3.8, 4) is 0 Å². The summed E-state index contributed by atoms with van der Waals surface area (Å²) in [5.74, 6) is -0.773. The summed E-state index contributed by atoms with van der Waals surface area (Å²) in [7, 11) is 5.34. The number of amides is 2. The van der Waals surface area contributed by atoms with E-state index in [9.17, 15) is 9.59 Å². The Kier molecular flexibility index (Phi) is 6.95. The van der Waals surface area contributed by atoms with Gasteiger partial charge in [0.25, 0.3) is 0 Å². The van der Waals surface area contributed by atoms with Crippen molar-refractivity contribution in [1.29, 1.82) is 0 Å². The lowest BCUT2D eigenvalue weighted by atomic mass is 9.90. The normalized spacial score (nSPS) is 15.1. The standard InChI is InChI=1S/C26H25ClN4O3/c1-31(2)15-16-4-9-19(10-5-16)28-24(17-6-11-20(12-7-17)29-26(33)34-3)23-21-13-8-18(27)14-22(21)30-25(23)32/h4-14,23H,15H2,1-3H3,(H,29,33)(H,30,32). The molecule has 0 bridgehead atoms. The first-order valence-electron chi connectivity index (χ1n) is 10.7. The predicted molar refractivity (Wildman–Crippen MR) is 135 cm³/mol. The summed E-state index contributed by atoms with van der Waals surface area (Å²) in [6, 6.07) is 20.5. The third kappa shape index (κ3) is 5.27. The van der Waals surface area contributed by atoms with Crippen molar-refractivity contribution < 1.29 is 14.3 Å². The van der Waals surface area contributed by atoms with E-state index >= 15 is 0 Å². The zero-order valence-corrected chi connectivity index (χ0v) is 19.9. The summed E-state index contributed by atoms with van der Waals surface area (Å²) in [6.07, 6.45) is -0.555. The second kappa shape index (κ2) is 10.1. The third-order valence-electron chi connectivity index (χ3n) is 5.42. The van der Waals surface area contributed by atoms with E-state index in [0.717, 1.165) is 23.4 Å². The Balaban J connectivity index is 1.75. The Labute approximate surface area is 203 Å². The summed E-state index contributed by atoms with van der Waals surface area (Å²) in [6.45, 7) is 0.824. The first kappa shape index (κ1) is 23.5. The molecular weight excluding hydrogens is 452 g/mol. The maximum Gasteiger partial charge on any atom is 0.411 e. The molecule has 3 aromatic rings. The number of carbonyl (C=O) groups is 2. The van der Waals surface area contributed by atoms with Crippen LogP contribution in [-0.4, -0.2) is 43.8 Å². The number of rotatable bonds is 6. The molecule has 0 aromatic heterocycles. The van der Waals surface area contributed by atoms with E-state index in [1.807, 2.05) is 56.6 Å². The molecule has 0 spiro atoms. The maximum absolute atomic E-state index is 13.1. The van der Waals surface area contributed by atoms with Gasteiger partial charge in [-0.3, -0.25) is 15.1 Å². The highest BCUT2D eigenvalue weighted by molar-refractivity contribution is 6.31. The highest BCUT2D eigenvalue weighted by Gasteiger charge is 2.35. The number of anilines is 2. The fourth-order valence-electron chi connectivity index (χ4n) is 3.88. The zero-order chi connectivity index (χ0) is 24.2. The number of hydrogen-bond acceptors (Lipinski definition) is 5. The highest BCUT2D eigenvalue weighted by atomic mass is 35.5. The fraction of sp³-hybridized carbons (Fsp3) is 0.192. The van der Waals surface area contributed by atoms with Gasteiger partial charge in [0, 0.05) is 22.9 Å². The average molecular weight is 477 g/mol. The van der Waals surface area contributed by atoms with Gasteiger partial charge in [0.2, 0.25) is 5.91 Å². The number of methoxy groups -OCH3 is 1. The van der Waals surface area contributed by atoms with E-state index in [1.54, 1.807) is 24.3 Å². The van der Waals surface area contributed by atoms with Gasteiger partial charge >= 0.3 is 6.09 Å². The van der Waals surface area contributed by atoms with Gasteiger partial charge in [-0.15, -0.1) is 0 Å². The molecule has 0 radical (unpaired) electrons. The Bertz CT molecular complexity index is 1240. The van der Waals surface area contributed by atoms with Crippen LogP contribution in [0.15, 0.2) is 71.7 Å². The molecule has 0 saturated heterocycles. The number of fused-ring (bicyclic) bond motifs is 1. The van der Waals surface area contributed by atoms with Crippen molar-refractivity contribution >= 4 is 46.4 Å². The Morgan fingerprint density at radius 1 is 1.09 bits per heavy atom. The molecule has 3 aromatic carbocycles. The van der Waals surface area contributed by atoms with Gasteiger partial charge in [-0.1, -0.05) is 41.9 Å². The number of aliphatic imine (C=N–C) groups is 1. The number of halogens is 1. The van der Waals surface area contributed by atoms with E-state index < -0.39 is 12.0 Å². The van der Waals surface area contributed by atoms with Crippen molar-refractivity contribution in [3.05, 3.63) is 88.4 Å². The minimum atomic E-state index is -0.604. The van der Waals surface area contributed by atoms with Crippen LogP contribution < -0.4 is 10.6 Å². The molecule has 1 aliphatic heterocycles. The van der Waals surface area contributed by atoms with Gasteiger partial charge in [-0.25, -0.2) is 4.79 Å². The van der Waals surface area contributed by atoms with E-state index in [1.165, 1.54) is 12.7 Å². The summed E-state index contributed by atoms with van der Waals surface area (Å²) in [5, 5.41) is 6.10. The van der Waals surface area contributed by atoms with Crippen molar-refractivity contribution in [3.63, 3.8) is 0 Å². The van der Waals surface area contributed by atoms with Crippen LogP contribution in [0.1, 0.15) is 22.6 Å². The maximum atomic E-state index is 13.1. The molecule has 4 rings (SSSR count). The van der Waals surface area contributed by atoms with Crippen LogP contribution in [0.5, 0.6) is 0 Å². The van der Waals surface area contributed by atoms with Crippen LogP contribution in [0.3, 0.4) is 0 Å². The Morgan fingerprint density at radius 3 is 2.44 bits per heavy atom. The second-order valence-corrected chi connectivity index (χ2v) is 8.69. The van der Waals surface area contributed by atoms with Gasteiger partial charge in [-0.2, -0.15) is 0 Å². The molecule has 34 heavy (non-hydrogen) atoms. The number of ether oxygens (including phenoxy) is 1. The van der Waals surface area contributed by atoms with Crippen LogP contribution in [0.4, 0.5) is 21.9 Å². The van der Waals surface area contributed by atoms with E-state index in [4.69, 9.17) is 16.6 Å². The fourth-order valence-corrected chi connectivity index (χ4v) is 4.05. The van der Waals surface area contributed by atoms with Crippen LogP contribution in [0, 0.1) is 0 Å². The quantitative estimate of drug-likeness (QED) is 0.464. The number of carbonyl (C=O) groups excluding carboxylic acids is 2. The van der Waals surface area contributed by atoms with Crippen LogP contribution >= 0.6 is 11.6 Å². The lowest BCUT2D eigenvalue weighted by molar-refractivity contribution is -0.115. The topological polar surface area (TPSA) is 83.0 Å². The number of benzene rings is 3. The van der Waals surface area contributed by atoms with Crippen LogP contribution in [0.25, 0.3) is 0 Å². The molecule has 1 aliphatic rings. The molecule has 7 nitrogen and oxygen atoms in total. The monoisotopic (exact) mass is 476 g/mol. The molecule has 2 amide bonds. The second-order valence-electron chi connectivity index (χ2n) is 8.25. The largest absolute Gasteiger partial charge is 0.453 e. The minimum absolute atomic E-state index is 0.169. The lowest BCUT2D eigenvalue weighted by Crippen LogP contribution is -2.22. The zero-order valence-electron chi connectivity index (χ0n) is 19.1. The van der Waals surface area contributed by atoms with Crippen LogP contribution in [-0.2, 0) is 16.1 Å². The Hall–Kier alpha value is -3.68. The molecule has 174 valence electrons. The molecule has 1 heterocycles. The SMILES string of the molecule is COC(=O)Nc1ccc(C(=Nc2ccc(CN(C)C)cc2)C2C(=O)Nc3cc(Cl)ccc32)cc1. The summed E-state index contributed by atoms with van der Waals surface area (Å²) in [5.41, 5.74) is 5.34. The van der Waals surface area contributed by atoms with Gasteiger partial charge in [-0.05, 0) is 67.2 Å². The van der Waals surface area contributed by atoms with E-state index in [2.05, 4.69) is 20.3 Å². The number of nitrogens with zero attached hydrogens (tertiary/aromatic N) is 2. The molecule has 2 N–H and O–H groups in total. The lowest BCUT2D eigenvalue weighted by Gasteiger charge is -2.15. The molecule has 0 aliphatic carbocycles. The molecule has 0 fully saturated rings. The molecular formula is C26H25ClN4O3. The first-order chi connectivity index (χ1) is 16.3. The summed E-state index contributed by atoms with van der Waals surface area (Å²) in [4.78, 5) is 31.6. The summed E-state index contributed by atoms with van der Waals surface area (Å²) >= 11 is 6.14. The van der Waals surface area contributed by atoms with Gasteiger partial charge in [0.15, 0.2) is 0 Å². The van der Waals surface area contributed by atoms with Crippen LogP contribution in [0.2, 0.25) is 5.02 Å². The van der Waals surface area contributed by atoms with Crippen molar-refractivity contribution in [2.24, 2.45) is 4.99 Å².